The van der Waals surface area contributed by atoms with Gasteiger partial charge in [-0.15, -0.1) is 0 Å². The normalized spacial score (nSPS) is 11.0. The highest BCUT2D eigenvalue weighted by molar-refractivity contribution is 7.97. The molecule has 0 spiro atoms. The summed E-state index contributed by atoms with van der Waals surface area (Å²) >= 11 is 0. The molecule has 1 amide bonds. The summed E-state index contributed by atoms with van der Waals surface area (Å²) in [7, 11) is -11.8. The predicted octanol–water partition coefficient (Wildman–Crippen LogP) is 10.4. The molecule has 0 radical (unpaired) electrons. The molecule has 0 saturated heterocycles. The van der Waals surface area contributed by atoms with Crippen molar-refractivity contribution in [3.05, 3.63) is 127 Å². The Labute approximate surface area is 269 Å². The maximum absolute atomic E-state index is 11.2. The Bertz CT molecular complexity index is 1550. The van der Waals surface area contributed by atoms with E-state index in [0.29, 0.717) is 10.9 Å². The van der Waals surface area contributed by atoms with Gasteiger partial charge >= 0.3 is 14.5 Å². The van der Waals surface area contributed by atoms with E-state index < -0.39 is 14.5 Å². The second-order valence-electron chi connectivity index (χ2n) is 9.42. The maximum Gasteiger partial charge on any atom is 0.673 e. The van der Waals surface area contributed by atoms with Gasteiger partial charge in [0.05, 0.1) is 10.9 Å². The van der Waals surface area contributed by atoms with Crippen LogP contribution in [0.15, 0.2) is 147 Å². The zero-order valence-electron chi connectivity index (χ0n) is 25.0. The minimum atomic E-state index is -6.00. The lowest BCUT2D eigenvalue weighted by molar-refractivity contribution is -0.114. The lowest BCUT2D eigenvalue weighted by atomic mass is 10.1. The number of benzene rings is 5. The van der Waals surface area contributed by atoms with E-state index in [1.54, 1.807) is 0 Å². The van der Waals surface area contributed by atoms with Crippen LogP contribution in [0.25, 0.3) is 10.8 Å². The van der Waals surface area contributed by atoms with Crippen molar-refractivity contribution in [2.45, 2.75) is 26.5 Å². The van der Waals surface area contributed by atoms with E-state index in [-0.39, 0.29) is 16.8 Å². The van der Waals surface area contributed by atoms with Gasteiger partial charge in [0.2, 0.25) is 5.91 Å². The van der Waals surface area contributed by atoms with Crippen LogP contribution in [0.3, 0.4) is 0 Å². The first kappa shape index (κ1) is 38.3. The third-order valence-corrected chi connectivity index (χ3v) is 9.02. The third kappa shape index (κ3) is 15.4. The number of anilines is 1. The highest BCUT2D eigenvalue weighted by Gasteiger charge is 2.28. The molecule has 0 saturated carbocycles. The van der Waals surface area contributed by atoms with E-state index >= 15 is 0 Å². The molecular formula is C32H31B2F8NOS2. The number of rotatable bonds is 5. The smallest absolute Gasteiger partial charge is 0.418 e. The van der Waals surface area contributed by atoms with Gasteiger partial charge in [-0.1, -0.05) is 66.7 Å². The number of hydrogen-bond acceptors (Lipinski definition) is 1. The highest BCUT2D eigenvalue weighted by atomic mass is 32.2. The quantitative estimate of drug-likeness (QED) is 0.112. The summed E-state index contributed by atoms with van der Waals surface area (Å²) in [6.45, 7) is 1.52. The van der Waals surface area contributed by atoms with Crippen molar-refractivity contribution >= 4 is 58.7 Å². The molecule has 46 heavy (non-hydrogen) atoms. The Morgan fingerprint density at radius 1 is 0.543 bits per heavy atom. The summed E-state index contributed by atoms with van der Waals surface area (Å²) in [5.74, 6) is -0.0529. The van der Waals surface area contributed by atoms with Gasteiger partial charge in [0.1, 0.15) is 12.5 Å². The largest absolute Gasteiger partial charge is 0.673 e. The number of carbonyl (C=O) groups excluding carboxylic acids is 1. The first-order valence-corrected chi connectivity index (χ1v) is 16.8. The fourth-order valence-corrected chi connectivity index (χ4v) is 7.01. The fraction of sp³-hybridized carbons (Fsp3) is 0.0938. The average molecular weight is 683 g/mol. The zero-order valence-corrected chi connectivity index (χ0v) is 26.7. The van der Waals surface area contributed by atoms with Crippen LogP contribution in [0.2, 0.25) is 0 Å². The third-order valence-electron chi connectivity index (χ3n) is 5.56. The molecule has 0 atom stereocenters. The molecule has 0 aliphatic heterocycles. The van der Waals surface area contributed by atoms with E-state index in [1.165, 1.54) is 37.3 Å². The van der Waals surface area contributed by atoms with Gasteiger partial charge in [0.25, 0.3) is 0 Å². The highest BCUT2D eigenvalue weighted by Crippen LogP contribution is 2.31. The molecule has 0 aliphatic carbocycles. The van der Waals surface area contributed by atoms with Gasteiger partial charge in [-0.25, -0.2) is 0 Å². The van der Waals surface area contributed by atoms with Crippen LogP contribution in [0, 0.1) is 0 Å². The molecule has 0 fully saturated rings. The Balaban J connectivity index is 0.000000267. The van der Waals surface area contributed by atoms with Crippen LogP contribution in [0.5, 0.6) is 0 Å². The summed E-state index contributed by atoms with van der Waals surface area (Å²) in [5.41, 5.74) is 0.825. The Morgan fingerprint density at radius 2 is 0.935 bits per heavy atom. The van der Waals surface area contributed by atoms with Gasteiger partial charge in [0.15, 0.2) is 19.6 Å². The van der Waals surface area contributed by atoms with Crippen molar-refractivity contribution in [3.63, 3.8) is 0 Å². The van der Waals surface area contributed by atoms with Crippen LogP contribution in [-0.2, 0) is 26.6 Å². The molecule has 5 rings (SSSR count). The van der Waals surface area contributed by atoms with Gasteiger partial charge in [-0.05, 0) is 66.0 Å². The summed E-state index contributed by atoms with van der Waals surface area (Å²) in [4.78, 5) is 16.4. The van der Waals surface area contributed by atoms with Gasteiger partial charge < -0.3 is 39.8 Å². The minimum Gasteiger partial charge on any atom is -0.418 e. The van der Waals surface area contributed by atoms with Crippen LogP contribution in [-0.4, -0.2) is 32.9 Å². The number of halogens is 8. The summed E-state index contributed by atoms with van der Waals surface area (Å²) in [6, 6.07) is 44.3. The monoisotopic (exact) mass is 683 g/mol. The first-order chi connectivity index (χ1) is 21.5. The fourth-order valence-electron chi connectivity index (χ4n) is 3.95. The molecule has 5 aromatic rings. The number of carbonyl (C=O) groups is 1. The number of hydrogen-bond donors (Lipinski definition) is 1. The Kier molecular flexibility index (Phi) is 15.2. The van der Waals surface area contributed by atoms with Crippen molar-refractivity contribution in [2.75, 3.05) is 17.8 Å². The van der Waals surface area contributed by atoms with Crippen LogP contribution < -0.4 is 5.32 Å². The average Bonchev–Trinajstić information content (AvgIpc) is 2.97. The lowest BCUT2D eigenvalue weighted by Gasteiger charge is -2.08. The second kappa shape index (κ2) is 18.3. The van der Waals surface area contributed by atoms with Crippen molar-refractivity contribution in [2.24, 2.45) is 0 Å². The van der Waals surface area contributed by atoms with Crippen molar-refractivity contribution in [3.8, 4) is 0 Å². The molecule has 2 nitrogen and oxygen atoms in total. The van der Waals surface area contributed by atoms with Gasteiger partial charge in [-0.2, -0.15) is 0 Å². The van der Waals surface area contributed by atoms with Crippen LogP contribution >= 0.6 is 0 Å². The predicted molar refractivity (Wildman–Crippen MR) is 178 cm³/mol. The van der Waals surface area contributed by atoms with Crippen molar-refractivity contribution in [1.82, 2.24) is 0 Å². The molecule has 0 aromatic heterocycles. The summed E-state index contributed by atoms with van der Waals surface area (Å²) in [5, 5.41) is 5.56. The standard InChI is InChI=1S/C20H17NOS.C12H13S.2BF4/c1-16(22)21-17-12-14-20(15-13-17)23(18-8-4-2-5-9-18)19-10-6-3-7-11-19;1-13(2)12-9-5-7-10-6-3-4-8-11(10)12;2*2-1(3,4)5/h2-15H,1H3;3-9H,1-2H3;;/q;+1;2*-1/p+1. The van der Waals surface area contributed by atoms with E-state index in [4.69, 9.17) is 0 Å². The number of nitrogens with one attached hydrogen (secondary N) is 1. The van der Waals surface area contributed by atoms with Crippen LogP contribution in [0.4, 0.5) is 40.2 Å². The number of amides is 1. The minimum absolute atomic E-state index is 0.0529. The molecule has 5 aromatic carbocycles. The molecule has 0 aliphatic rings. The molecule has 244 valence electrons. The second-order valence-corrected chi connectivity index (χ2v) is 13.5. The first-order valence-electron chi connectivity index (χ1n) is 13.5. The zero-order chi connectivity index (χ0) is 34.3. The van der Waals surface area contributed by atoms with Gasteiger partial charge in [0, 0.05) is 28.9 Å². The molecule has 0 unspecified atom stereocenters. The van der Waals surface area contributed by atoms with Crippen molar-refractivity contribution < 1.29 is 39.3 Å². The van der Waals surface area contributed by atoms with E-state index in [2.05, 4.69) is 121 Å². The molecule has 14 heteroatoms. The number of fused-ring (bicyclic) bond motifs is 1. The van der Waals surface area contributed by atoms with Crippen LogP contribution in [0.1, 0.15) is 6.92 Å². The summed E-state index contributed by atoms with van der Waals surface area (Å²) in [6.07, 6.45) is 4.53. The molecule has 0 bridgehead atoms. The maximum atomic E-state index is 11.2. The Morgan fingerprint density at radius 3 is 1.37 bits per heavy atom. The topological polar surface area (TPSA) is 29.1 Å². The van der Waals surface area contributed by atoms with Crippen molar-refractivity contribution in [1.29, 1.82) is 0 Å². The summed E-state index contributed by atoms with van der Waals surface area (Å²) < 4.78 is 78.0. The lowest BCUT2D eigenvalue weighted by Crippen LogP contribution is -2.07. The molecule has 1 N–H and O–H groups in total. The Hall–Kier alpha value is -3.90. The van der Waals surface area contributed by atoms with Gasteiger partial charge in [-0.3, -0.25) is 4.79 Å². The molecule has 0 heterocycles. The van der Waals surface area contributed by atoms with E-state index in [9.17, 15) is 39.3 Å². The molecular weight excluding hydrogens is 652 g/mol. The van der Waals surface area contributed by atoms with E-state index in [1.807, 2.05) is 24.3 Å². The van der Waals surface area contributed by atoms with E-state index in [0.717, 1.165) is 5.69 Å². The SMILES string of the molecule is CC(=O)Nc1ccc([S+](c2ccccc2)c2ccccc2)cc1.C[S+](C)c1cccc2ccccc12.F[B-](F)(F)F.F[B-](F)(F)F.